The lowest BCUT2D eigenvalue weighted by Crippen LogP contribution is -2.10. The molecule has 0 amide bonds. The van der Waals surface area contributed by atoms with Crippen molar-refractivity contribution in [2.45, 2.75) is 12.3 Å². The van der Waals surface area contributed by atoms with E-state index in [0.29, 0.717) is 5.69 Å². The minimum absolute atomic E-state index is 0.000323. The average Bonchev–Trinajstić information content (AvgIpc) is 2.38. The zero-order chi connectivity index (χ0) is 13.0. The van der Waals surface area contributed by atoms with Crippen molar-refractivity contribution in [1.82, 2.24) is 10.2 Å². The first-order valence-electron chi connectivity index (χ1n) is 5.41. The molecule has 18 heavy (non-hydrogen) atoms. The zero-order valence-corrected chi connectivity index (χ0v) is 11.0. The highest BCUT2D eigenvalue weighted by atomic mass is 79.9. The maximum Gasteiger partial charge on any atom is 0.304 e. The van der Waals surface area contributed by atoms with E-state index >= 15 is 0 Å². The number of carboxylic acids is 1. The van der Waals surface area contributed by atoms with Crippen molar-refractivity contribution in [2.24, 2.45) is 0 Å². The van der Waals surface area contributed by atoms with Crippen molar-refractivity contribution in [1.29, 1.82) is 0 Å². The summed E-state index contributed by atoms with van der Waals surface area (Å²) in [7, 11) is 0. The molecule has 0 fully saturated rings. The summed E-state index contributed by atoms with van der Waals surface area (Å²) in [5.41, 5.74) is 1.59. The fourth-order valence-corrected chi connectivity index (χ4v) is 2.03. The van der Waals surface area contributed by atoms with Crippen LogP contribution in [-0.4, -0.2) is 21.3 Å². The number of nitrogens with zero attached hydrogens (tertiary/aromatic N) is 2. The van der Waals surface area contributed by atoms with Crippen LogP contribution in [0.2, 0.25) is 0 Å². The number of aliphatic carboxylic acids is 1. The molecule has 0 aliphatic rings. The molecule has 0 saturated carbocycles. The van der Waals surface area contributed by atoms with Crippen molar-refractivity contribution in [3.8, 4) is 0 Å². The predicted molar refractivity (Wildman–Crippen MR) is 70.3 cm³/mol. The van der Waals surface area contributed by atoms with Crippen molar-refractivity contribution in [3.05, 3.63) is 58.3 Å². The minimum atomic E-state index is -0.853. The smallest absolute Gasteiger partial charge is 0.304 e. The predicted octanol–water partition coefficient (Wildman–Crippen LogP) is 2.85. The molecule has 2 rings (SSSR count). The van der Waals surface area contributed by atoms with Gasteiger partial charge in [-0.05, 0) is 29.8 Å². The molecule has 1 heterocycles. The second-order valence-corrected chi connectivity index (χ2v) is 4.77. The molecule has 1 unspecified atom stereocenters. The molecular formula is C13H11BrN2O2. The van der Waals surface area contributed by atoms with Gasteiger partial charge in [0, 0.05) is 16.6 Å². The molecule has 0 radical (unpaired) electrons. The van der Waals surface area contributed by atoms with E-state index in [0.717, 1.165) is 10.0 Å². The van der Waals surface area contributed by atoms with Gasteiger partial charge in [0.1, 0.15) is 0 Å². The first kappa shape index (κ1) is 12.7. The van der Waals surface area contributed by atoms with E-state index in [-0.39, 0.29) is 12.3 Å². The first-order chi connectivity index (χ1) is 8.66. The molecule has 1 aromatic heterocycles. The summed E-state index contributed by atoms with van der Waals surface area (Å²) in [6.07, 6.45) is 1.57. The van der Waals surface area contributed by atoms with Crippen LogP contribution in [0.25, 0.3) is 0 Å². The minimum Gasteiger partial charge on any atom is -0.481 e. The lowest BCUT2D eigenvalue weighted by molar-refractivity contribution is -0.137. The van der Waals surface area contributed by atoms with Crippen LogP contribution in [0.3, 0.4) is 0 Å². The number of aromatic nitrogens is 2. The average molecular weight is 307 g/mol. The third-order valence-corrected chi connectivity index (χ3v) is 3.13. The molecule has 1 N–H and O–H groups in total. The number of benzene rings is 1. The molecular weight excluding hydrogens is 296 g/mol. The number of carboxylic acid groups (broad SMARTS) is 1. The SMILES string of the molecule is O=C(O)CC(c1ccc(Br)cc1)c1cccnn1. The molecule has 4 nitrogen and oxygen atoms in total. The number of halogens is 1. The van der Waals surface area contributed by atoms with Crippen molar-refractivity contribution in [2.75, 3.05) is 0 Å². The van der Waals surface area contributed by atoms with Gasteiger partial charge in [0.05, 0.1) is 12.1 Å². The first-order valence-corrected chi connectivity index (χ1v) is 6.21. The van der Waals surface area contributed by atoms with Gasteiger partial charge in [-0.25, -0.2) is 0 Å². The van der Waals surface area contributed by atoms with Crippen LogP contribution in [0.1, 0.15) is 23.6 Å². The number of hydrogen-bond acceptors (Lipinski definition) is 3. The number of rotatable bonds is 4. The van der Waals surface area contributed by atoms with Crippen molar-refractivity contribution < 1.29 is 9.90 Å². The Bertz CT molecular complexity index is 528. The normalized spacial score (nSPS) is 12.1. The molecule has 0 saturated heterocycles. The van der Waals surface area contributed by atoms with Crippen LogP contribution in [0.15, 0.2) is 47.1 Å². The third kappa shape index (κ3) is 3.13. The summed E-state index contributed by atoms with van der Waals surface area (Å²) in [5.74, 6) is -1.13. The van der Waals surface area contributed by atoms with Gasteiger partial charge in [-0.3, -0.25) is 4.79 Å². The van der Waals surface area contributed by atoms with Crippen LogP contribution in [0.4, 0.5) is 0 Å². The Hall–Kier alpha value is -1.75. The zero-order valence-electron chi connectivity index (χ0n) is 9.45. The highest BCUT2D eigenvalue weighted by molar-refractivity contribution is 9.10. The fourth-order valence-electron chi connectivity index (χ4n) is 1.76. The van der Waals surface area contributed by atoms with E-state index in [1.54, 1.807) is 18.3 Å². The molecule has 5 heteroatoms. The van der Waals surface area contributed by atoms with Gasteiger partial charge in [0.15, 0.2) is 0 Å². The van der Waals surface area contributed by atoms with Crippen LogP contribution >= 0.6 is 15.9 Å². The monoisotopic (exact) mass is 306 g/mol. The Labute approximate surface area is 113 Å². The quantitative estimate of drug-likeness (QED) is 0.943. The Morgan fingerprint density at radius 1 is 1.28 bits per heavy atom. The highest BCUT2D eigenvalue weighted by Gasteiger charge is 2.19. The van der Waals surface area contributed by atoms with E-state index in [1.807, 2.05) is 24.3 Å². The van der Waals surface area contributed by atoms with Gasteiger partial charge < -0.3 is 5.11 Å². The summed E-state index contributed by atoms with van der Waals surface area (Å²) in [5, 5.41) is 16.8. The maximum atomic E-state index is 11.0. The summed E-state index contributed by atoms with van der Waals surface area (Å²) in [6, 6.07) is 11.1. The standard InChI is InChI=1S/C13H11BrN2O2/c14-10-5-3-9(4-6-10)11(8-13(17)18)12-2-1-7-15-16-12/h1-7,11H,8H2,(H,17,18). The Balaban J connectivity index is 2.36. The van der Waals surface area contributed by atoms with Gasteiger partial charge in [-0.15, -0.1) is 0 Å². The topological polar surface area (TPSA) is 63.1 Å². The third-order valence-electron chi connectivity index (χ3n) is 2.60. The molecule has 92 valence electrons. The van der Waals surface area contributed by atoms with Gasteiger partial charge in [-0.2, -0.15) is 10.2 Å². The Kier molecular flexibility index (Phi) is 4.04. The molecule has 0 aliphatic heterocycles. The lowest BCUT2D eigenvalue weighted by atomic mass is 9.92. The van der Waals surface area contributed by atoms with Crippen molar-refractivity contribution in [3.63, 3.8) is 0 Å². The Morgan fingerprint density at radius 3 is 2.56 bits per heavy atom. The van der Waals surface area contributed by atoms with Crippen LogP contribution in [-0.2, 0) is 4.79 Å². The van der Waals surface area contributed by atoms with E-state index < -0.39 is 5.97 Å². The van der Waals surface area contributed by atoms with E-state index in [9.17, 15) is 4.79 Å². The van der Waals surface area contributed by atoms with Gasteiger partial charge >= 0.3 is 5.97 Å². The van der Waals surface area contributed by atoms with Crippen molar-refractivity contribution >= 4 is 21.9 Å². The van der Waals surface area contributed by atoms with E-state index in [1.165, 1.54) is 0 Å². The second-order valence-electron chi connectivity index (χ2n) is 3.85. The highest BCUT2D eigenvalue weighted by Crippen LogP contribution is 2.27. The number of hydrogen-bond donors (Lipinski definition) is 1. The Morgan fingerprint density at radius 2 is 2.00 bits per heavy atom. The summed E-state index contributed by atoms with van der Waals surface area (Å²) in [6.45, 7) is 0. The van der Waals surface area contributed by atoms with Gasteiger partial charge in [0.25, 0.3) is 0 Å². The van der Waals surface area contributed by atoms with Gasteiger partial charge in [0.2, 0.25) is 0 Å². The van der Waals surface area contributed by atoms with Crippen LogP contribution in [0, 0.1) is 0 Å². The summed E-state index contributed by atoms with van der Waals surface area (Å²) < 4.78 is 0.958. The summed E-state index contributed by atoms with van der Waals surface area (Å²) in [4.78, 5) is 11.0. The van der Waals surface area contributed by atoms with E-state index in [4.69, 9.17) is 5.11 Å². The fraction of sp³-hybridized carbons (Fsp3) is 0.154. The van der Waals surface area contributed by atoms with Gasteiger partial charge in [-0.1, -0.05) is 28.1 Å². The van der Waals surface area contributed by atoms with E-state index in [2.05, 4.69) is 26.1 Å². The molecule has 1 atom stereocenters. The largest absolute Gasteiger partial charge is 0.481 e. The second kappa shape index (κ2) is 5.73. The van der Waals surface area contributed by atoms with Crippen LogP contribution < -0.4 is 0 Å². The number of carbonyl (C=O) groups is 1. The molecule has 2 aromatic rings. The molecule has 0 spiro atoms. The van der Waals surface area contributed by atoms with Crippen LogP contribution in [0.5, 0.6) is 0 Å². The summed E-state index contributed by atoms with van der Waals surface area (Å²) >= 11 is 3.36. The molecule has 1 aromatic carbocycles. The lowest BCUT2D eigenvalue weighted by Gasteiger charge is -2.14. The molecule has 0 aliphatic carbocycles. The maximum absolute atomic E-state index is 11.0. The molecule has 0 bridgehead atoms.